The van der Waals surface area contributed by atoms with Crippen LogP contribution in [0, 0.1) is 0 Å². The Labute approximate surface area is 136 Å². The van der Waals surface area contributed by atoms with Crippen LogP contribution in [0.15, 0.2) is 35.3 Å². The maximum Gasteiger partial charge on any atom is 0.258 e. The number of piperidine rings is 1. The van der Waals surface area contributed by atoms with Crippen molar-refractivity contribution in [2.75, 3.05) is 13.1 Å². The van der Waals surface area contributed by atoms with Gasteiger partial charge in [-0.1, -0.05) is 12.5 Å². The van der Waals surface area contributed by atoms with Gasteiger partial charge in [-0.15, -0.1) is 12.4 Å². The van der Waals surface area contributed by atoms with Crippen LogP contribution in [0.1, 0.15) is 31.4 Å². The molecular weight excluding hydrogens is 300 g/mol. The predicted molar refractivity (Wildman–Crippen MR) is 90.4 cm³/mol. The molecular formula is C16H23ClN4O. The van der Waals surface area contributed by atoms with Crippen molar-refractivity contribution in [1.82, 2.24) is 14.3 Å². The molecule has 6 heteroatoms. The highest BCUT2D eigenvalue weighted by molar-refractivity contribution is 5.85. The summed E-state index contributed by atoms with van der Waals surface area (Å²) in [6, 6.07) is 7.81. The van der Waals surface area contributed by atoms with E-state index in [2.05, 4.69) is 9.88 Å². The lowest BCUT2D eigenvalue weighted by Gasteiger charge is -2.35. The van der Waals surface area contributed by atoms with Crippen LogP contribution >= 0.6 is 12.4 Å². The lowest BCUT2D eigenvalue weighted by Crippen LogP contribution is -2.40. The molecule has 0 bridgehead atoms. The molecule has 120 valence electrons. The molecule has 1 saturated heterocycles. The summed E-state index contributed by atoms with van der Waals surface area (Å²) in [5, 5.41) is 0. The number of rotatable bonds is 4. The fourth-order valence-corrected chi connectivity index (χ4v) is 3.18. The van der Waals surface area contributed by atoms with Crippen LogP contribution < -0.4 is 11.3 Å². The smallest absolute Gasteiger partial charge is 0.258 e. The van der Waals surface area contributed by atoms with Gasteiger partial charge in [-0.05, 0) is 44.5 Å². The molecule has 2 aromatic heterocycles. The first-order valence-corrected chi connectivity index (χ1v) is 7.69. The molecule has 1 unspecified atom stereocenters. The van der Waals surface area contributed by atoms with Crippen molar-refractivity contribution in [3.63, 3.8) is 0 Å². The summed E-state index contributed by atoms with van der Waals surface area (Å²) in [4.78, 5) is 19.2. The number of fused-ring (bicyclic) bond motifs is 1. The van der Waals surface area contributed by atoms with Crippen LogP contribution in [0.4, 0.5) is 0 Å². The number of hydrogen-bond acceptors (Lipinski definition) is 4. The Morgan fingerprint density at radius 3 is 3.00 bits per heavy atom. The maximum absolute atomic E-state index is 12.1. The topological polar surface area (TPSA) is 63.6 Å². The molecule has 22 heavy (non-hydrogen) atoms. The highest BCUT2D eigenvalue weighted by Gasteiger charge is 2.22. The summed E-state index contributed by atoms with van der Waals surface area (Å²) < 4.78 is 1.58. The molecule has 0 saturated carbocycles. The highest BCUT2D eigenvalue weighted by atomic mass is 35.5. The average molecular weight is 323 g/mol. The number of nitrogens with zero attached hydrogens (tertiary/aromatic N) is 3. The van der Waals surface area contributed by atoms with Crippen LogP contribution in [0.5, 0.6) is 0 Å². The normalized spacial score (nSPS) is 19.0. The Morgan fingerprint density at radius 2 is 2.18 bits per heavy atom. The second-order valence-corrected chi connectivity index (χ2v) is 5.71. The minimum atomic E-state index is -0.0111. The average Bonchev–Trinajstić information content (AvgIpc) is 2.50. The first kappa shape index (κ1) is 16.9. The van der Waals surface area contributed by atoms with E-state index in [1.807, 2.05) is 18.2 Å². The third-order valence-corrected chi connectivity index (χ3v) is 4.24. The molecule has 0 amide bonds. The van der Waals surface area contributed by atoms with Crippen LogP contribution in [-0.2, 0) is 6.54 Å². The largest absolute Gasteiger partial charge is 0.330 e. The summed E-state index contributed by atoms with van der Waals surface area (Å²) in [5.74, 6) is 0. The van der Waals surface area contributed by atoms with Crippen LogP contribution in [0.25, 0.3) is 5.65 Å². The monoisotopic (exact) mass is 322 g/mol. The van der Waals surface area contributed by atoms with Gasteiger partial charge in [0.1, 0.15) is 5.65 Å². The van der Waals surface area contributed by atoms with Crippen molar-refractivity contribution in [2.45, 2.75) is 38.3 Å². The molecule has 0 aromatic carbocycles. The summed E-state index contributed by atoms with van der Waals surface area (Å²) in [6.45, 7) is 2.53. The SMILES string of the molecule is Cl.NCCC1CCCCN1Cc1cc(=O)n2ccccc2n1. The van der Waals surface area contributed by atoms with E-state index in [-0.39, 0.29) is 18.0 Å². The zero-order chi connectivity index (χ0) is 14.7. The molecule has 3 heterocycles. The Morgan fingerprint density at radius 1 is 1.32 bits per heavy atom. The standard InChI is InChI=1S/C16H22N4O.ClH/c17-8-7-14-5-1-3-9-19(14)12-13-11-16(21)20-10-4-2-6-15(20)18-13;/h2,4,6,10-11,14H,1,3,5,7-9,12,17H2;1H. The van der Waals surface area contributed by atoms with Gasteiger partial charge in [0, 0.05) is 24.8 Å². The first-order chi connectivity index (χ1) is 10.3. The van der Waals surface area contributed by atoms with Gasteiger partial charge in [0.25, 0.3) is 5.56 Å². The number of hydrogen-bond donors (Lipinski definition) is 1. The number of likely N-dealkylation sites (tertiary alicyclic amines) is 1. The summed E-state index contributed by atoms with van der Waals surface area (Å²) in [7, 11) is 0. The van der Waals surface area contributed by atoms with E-state index < -0.39 is 0 Å². The van der Waals surface area contributed by atoms with Crippen LogP contribution in [-0.4, -0.2) is 33.4 Å². The second kappa shape index (κ2) is 7.72. The predicted octanol–water partition coefficient (Wildman–Crippen LogP) is 1.82. The molecule has 1 fully saturated rings. The molecule has 2 aromatic rings. The lowest BCUT2D eigenvalue weighted by molar-refractivity contribution is 0.132. The third kappa shape index (κ3) is 3.66. The molecule has 1 aliphatic rings. The number of nitrogens with two attached hydrogens (primary N) is 1. The lowest BCUT2D eigenvalue weighted by atomic mass is 9.99. The molecule has 3 rings (SSSR count). The first-order valence-electron chi connectivity index (χ1n) is 7.69. The molecule has 5 nitrogen and oxygen atoms in total. The van der Waals surface area contributed by atoms with Gasteiger partial charge in [0.15, 0.2) is 0 Å². The fraction of sp³-hybridized carbons (Fsp3) is 0.500. The van der Waals surface area contributed by atoms with Gasteiger partial charge in [0.05, 0.1) is 5.69 Å². The zero-order valence-corrected chi connectivity index (χ0v) is 13.5. The molecule has 0 radical (unpaired) electrons. The van der Waals surface area contributed by atoms with E-state index in [0.29, 0.717) is 11.7 Å². The van der Waals surface area contributed by atoms with Gasteiger partial charge in [-0.3, -0.25) is 14.1 Å². The summed E-state index contributed by atoms with van der Waals surface area (Å²) in [6.07, 6.45) is 6.46. The van der Waals surface area contributed by atoms with Gasteiger partial charge >= 0.3 is 0 Å². The van der Waals surface area contributed by atoms with E-state index in [1.54, 1.807) is 16.7 Å². The molecule has 2 N–H and O–H groups in total. The molecule has 1 atom stereocenters. The third-order valence-electron chi connectivity index (χ3n) is 4.24. The van der Waals surface area contributed by atoms with E-state index in [9.17, 15) is 4.79 Å². The molecule has 1 aliphatic heterocycles. The van der Waals surface area contributed by atoms with Crippen LogP contribution in [0.3, 0.4) is 0 Å². The van der Waals surface area contributed by atoms with Crippen molar-refractivity contribution in [1.29, 1.82) is 0 Å². The van der Waals surface area contributed by atoms with Crippen molar-refractivity contribution < 1.29 is 0 Å². The van der Waals surface area contributed by atoms with Crippen molar-refractivity contribution in [2.24, 2.45) is 5.73 Å². The van der Waals surface area contributed by atoms with Crippen molar-refractivity contribution in [3.05, 3.63) is 46.5 Å². The highest BCUT2D eigenvalue weighted by Crippen LogP contribution is 2.20. The minimum absolute atomic E-state index is 0. The fourth-order valence-electron chi connectivity index (χ4n) is 3.18. The molecule has 0 aliphatic carbocycles. The Hall–Kier alpha value is -1.43. The van der Waals surface area contributed by atoms with Gasteiger partial charge in [-0.2, -0.15) is 0 Å². The Bertz CT molecular complexity index is 670. The van der Waals surface area contributed by atoms with Gasteiger partial charge in [-0.25, -0.2) is 4.98 Å². The summed E-state index contributed by atoms with van der Waals surface area (Å²) in [5.41, 5.74) is 7.28. The van der Waals surface area contributed by atoms with E-state index >= 15 is 0 Å². The quantitative estimate of drug-likeness (QED) is 0.932. The van der Waals surface area contributed by atoms with E-state index in [1.165, 1.54) is 19.3 Å². The Balaban J connectivity index is 0.00000176. The maximum atomic E-state index is 12.1. The van der Waals surface area contributed by atoms with Gasteiger partial charge < -0.3 is 5.73 Å². The number of halogens is 1. The van der Waals surface area contributed by atoms with Crippen molar-refractivity contribution >= 4 is 18.1 Å². The second-order valence-electron chi connectivity index (χ2n) is 5.71. The van der Waals surface area contributed by atoms with Crippen molar-refractivity contribution in [3.8, 4) is 0 Å². The Kier molecular flexibility index (Phi) is 5.94. The number of aromatic nitrogens is 2. The van der Waals surface area contributed by atoms with Crippen LogP contribution in [0.2, 0.25) is 0 Å². The van der Waals surface area contributed by atoms with E-state index in [0.717, 1.165) is 31.7 Å². The van der Waals surface area contributed by atoms with Gasteiger partial charge in [0.2, 0.25) is 0 Å². The minimum Gasteiger partial charge on any atom is -0.330 e. The zero-order valence-electron chi connectivity index (χ0n) is 12.6. The number of pyridine rings is 1. The summed E-state index contributed by atoms with van der Waals surface area (Å²) >= 11 is 0. The van der Waals surface area contributed by atoms with E-state index in [4.69, 9.17) is 5.73 Å². The molecule has 0 spiro atoms.